The number of benzene rings is 1. The van der Waals surface area contributed by atoms with Crippen molar-refractivity contribution in [2.45, 2.75) is 65.3 Å². The number of piperidine rings is 1. The van der Waals surface area contributed by atoms with Crippen molar-refractivity contribution in [3.05, 3.63) is 46.8 Å². The minimum atomic E-state index is -4.02. The van der Waals surface area contributed by atoms with Crippen LogP contribution in [-0.4, -0.2) is 48.9 Å². The molecule has 1 saturated heterocycles. The van der Waals surface area contributed by atoms with Crippen LogP contribution in [-0.2, 0) is 32.5 Å². The number of anilines is 1. The highest BCUT2D eigenvalue weighted by molar-refractivity contribution is 7.89. The average molecular weight is 490 g/mol. The number of esters is 1. The van der Waals surface area contributed by atoms with Gasteiger partial charge in [0.05, 0.1) is 12.5 Å². The molecule has 1 aliphatic rings. The molecule has 3 rings (SSSR count). The van der Waals surface area contributed by atoms with E-state index in [1.165, 1.54) is 4.31 Å². The molecule has 1 N–H and O–H groups in total. The molecule has 0 spiro atoms. The van der Waals surface area contributed by atoms with Gasteiger partial charge in [0.1, 0.15) is 10.5 Å². The summed E-state index contributed by atoms with van der Waals surface area (Å²) < 4.78 is 35.9. The van der Waals surface area contributed by atoms with Gasteiger partial charge in [-0.3, -0.25) is 4.79 Å². The normalized spacial score (nSPS) is 16.9. The molecular weight excluding hydrogens is 454 g/mol. The van der Waals surface area contributed by atoms with Gasteiger partial charge in [0, 0.05) is 36.7 Å². The lowest BCUT2D eigenvalue weighted by atomic mass is 9.98. The number of amides is 1. The van der Waals surface area contributed by atoms with E-state index >= 15 is 0 Å². The topological polar surface area (TPSA) is 97.7 Å². The van der Waals surface area contributed by atoms with Gasteiger partial charge in [-0.2, -0.15) is 4.31 Å². The van der Waals surface area contributed by atoms with Gasteiger partial charge < -0.3 is 14.6 Å². The van der Waals surface area contributed by atoms with E-state index in [1.807, 2.05) is 42.7 Å². The molecule has 186 valence electrons. The highest BCUT2D eigenvalue weighted by Gasteiger charge is 2.39. The minimum Gasteiger partial charge on any atom is -0.462 e. The SMILES string of the molecule is CCOC(=O)c1c(S(=O)(=O)N2CCC[C@@H](C(=O)Nc3cccc(CC)c3)C2)c(C)n(CC)c1C. The van der Waals surface area contributed by atoms with Crippen LogP contribution in [0.15, 0.2) is 29.2 Å². The Balaban J connectivity index is 1.89. The Morgan fingerprint density at radius 3 is 2.53 bits per heavy atom. The summed E-state index contributed by atoms with van der Waals surface area (Å²) in [6, 6.07) is 7.66. The lowest BCUT2D eigenvalue weighted by Gasteiger charge is -2.31. The number of rotatable bonds is 8. The summed E-state index contributed by atoms with van der Waals surface area (Å²) in [5, 5.41) is 2.94. The predicted molar refractivity (Wildman–Crippen MR) is 131 cm³/mol. The molecule has 9 heteroatoms. The van der Waals surface area contributed by atoms with Gasteiger partial charge in [-0.1, -0.05) is 19.1 Å². The molecule has 0 aliphatic carbocycles. The number of carbonyl (C=O) groups excluding carboxylic acids is 2. The van der Waals surface area contributed by atoms with E-state index in [2.05, 4.69) is 5.32 Å². The Kier molecular flexibility index (Phi) is 8.20. The zero-order chi connectivity index (χ0) is 25.0. The third-order valence-corrected chi connectivity index (χ3v) is 8.51. The number of aromatic nitrogens is 1. The van der Waals surface area contributed by atoms with Gasteiger partial charge in [-0.05, 0) is 64.7 Å². The number of aryl methyl sites for hydroxylation is 1. The number of nitrogens with zero attached hydrogens (tertiary/aromatic N) is 2. The molecule has 0 saturated carbocycles. The van der Waals surface area contributed by atoms with Gasteiger partial charge in [0.2, 0.25) is 15.9 Å². The first-order valence-electron chi connectivity index (χ1n) is 11.9. The van der Waals surface area contributed by atoms with Crippen LogP contribution in [0.5, 0.6) is 0 Å². The first kappa shape index (κ1) is 26.0. The van der Waals surface area contributed by atoms with Gasteiger partial charge in [-0.25, -0.2) is 13.2 Å². The van der Waals surface area contributed by atoms with E-state index in [-0.39, 0.29) is 29.5 Å². The summed E-state index contributed by atoms with van der Waals surface area (Å²) in [6.45, 7) is 10.1. The van der Waals surface area contributed by atoms with E-state index in [0.29, 0.717) is 43.0 Å². The lowest BCUT2D eigenvalue weighted by Crippen LogP contribution is -2.44. The third-order valence-electron chi connectivity index (χ3n) is 6.48. The van der Waals surface area contributed by atoms with Crippen LogP contribution >= 0.6 is 0 Å². The molecule has 0 bridgehead atoms. The van der Waals surface area contributed by atoms with Crippen LogP contribution in [0.25, 0.3) is 0 Å². The van der Waals surface area contributed by atoms with Crippen molar-refractivity contribution in [1.29, 1.82) is 0 Å². The van der Waals surface area contributed by atoms with E-state index in [4.69, 9.17) is 4.74 Å². The van der Waals surface area contributed by atoms with E-state index in [0.717, 1.165) is 12.0 Å². The van der Waals surface area contributed by atoms with E-state index < -0.39 is 21.9 Å². The van der Waals surface area contributed by atoms with Crippen LogP contribution in [0.2, 0.25) is 0 Å². The molecule has 34 heavy (non-hydrogen) atoms. The average Bonchev–Trinajstić information content (AvgIpc) is 3.09. The maximum Gasteiger partial charge on any atom is 0.341 e. The largest absolute Gasteiger partial charge is 0.462 e. The molecule has 1 fully saturated rings. The Morgan fingerprint density at radius 1 is 1.15 bits per heavy atom. The molecule has 2 aromatic rings. The molecule has 1 atom stereocenters. The summed E-state index contributed by atoms with van der Waals surface area (Å²) in [4.78, 5) is 25.7. The summed E-state index contributed by atoms with van der Waals surface area (Å²) in [7, 11) is -4.02. The molecule has 2 heterocycles. The second kappa shape index (κ2) is 10.7. The van der Waals surface area contributed by atoms with E-state index in [1.54, 1.807) is 20.8 Å². The summed E-state index contributed by atoms with van der Waals surface area (Å²) >= 11 is 0. The lowest BCUT2D eigenvalue weighted by molar-refractivity contribution is -0.120. The minimum absolute atomic E-state index is 0.0120. The maximum absolute atomic E-state index is 13.8. The fourth-order valence-electron chi connectivity index (χ4n) is 4.71. The molecule has 8 nitrogen and oxygen atoms in total. The van der Waals surface area contributed by atoms with Crippen molar-refractivity contribution in [3.63, 3.8) is 0 Å². The molecule has 1 aliphatic heterocycles. The summed E-state index contributed by atoms with van der Waals surface area (Å²) in [5.41, 5.74) is 2.98. The molecule has 1 aromatic heterocycles. The fourth-order valence-corrected chi connectivity index (χ4v) is 6.68. The molecule has 0 unspecified atom stereocenters. The first-order chi connectivity index (χ1) is 16.1. The quantitative estimate of drug-likeness (QED) is 0.567. The Labute approximate surface area is 202 Å². The predicted octanol–water partition coefficient (Wildman–Crippen LogP) is 3.90. The van der Waals surface area contributed by atoms with Gasteiger partial charge in [-0.15, -0.1) is 0 Å². The molecule has 0 radical (unpaired) electrons. The van der Waals surface area contributed by atoms with Crippen molar-refractivity contribution in [1.82, 2.24) is 8.87 Å². The number of hydrogen-bond acceptors (Lipinski definition) is 5. The fraction of sp³-hybridized carbons (Fsp3) is 0.520. The monoisotopic (exact) mass is 489 g/mol. The van der Waals surface area contributed by atoms with Crippen LogP contribution in [0.3, 0.4) is 0 Å². The molecule has 1 amide bonds. The highest BCUT2D eigenvalue weighted by atomic mass is 32.2. The van der Waals surface area contributed by atoms with Crippen LogP contribution in [0.4, 0.5) is 5.69 Å². The molecule has 1 aromatic carbocycles. The van der Waals surface area contributed by atoms with Crippen LogP contribution in [0, 0.1) is 19.8 Å². The van der Waals surface area contributed by atoms with Gasteiger partial charge in [0.15, 0.2) is 0 Å². The standard InChI is InChI=1S/C25H35N3O5S/c1-6-19-11-9-13-21(15-19)26-24(29)20-12-10-14-27(16-20)34(31,32)23-18(5)28(7-2)17(4)22(23)25(30)33-8-3/h9,11,13,15,20H,6-8,10,12,14,16H2,1-5H3,(H,26,29)/t20-/m1/s1. The number of nitrogens with one attached hydrogen (secondary N) is 1. The summed E-state index contributed by atoms with van der Waals surface area (Å²) in [5.74, 6) is -1.32. The van der Waals surface area contributed by atoms with Crippen LogP contribution in [0.1, 0.15) is 60.9 Å². The van der Waals surface area contributed by atoms with Crippen molar-refractivity contribution in [3.8, 4) is 0 Å². The highest BCUT2D eigenvalue weighted by Crippen LogP contribution is 2.33. The number of ether oxygens (including phenoxy) is 1. The van der Waals surface area contributed by atoms with E-state index in [9.17, 15) is 18.0 Å². The summed E-state index contributed by atoms with van der Waals surface area (Å²) in [6.07, 6.45) is 2.02. The second-order valence-corrected chi connectivity index (χ2v) is 10.5. The Hall–Kier alpha value is -2.65. The van der Waals surface area contributed by atoms with Crippen LogP contribution < -0.4 is 5.32 Å². The number of hydrogen-bond donors (Lipinski definition) is 1. The first-order valence-corrected chi connectivity index (χ1v) is 13.4. The maximum atomic E-state index is 13.8. The van der Waals surface area contributed by atoms with Gasteiger partial charge >= 0.3 is 5.97 Å². The zero-order valence-electron chi connectivity index (χ0n) is 20.7. The van der Waals surface area contributed by atoms with Crippen molar-refractivity contribution in [2.24, 2.45) is 5.92 Å². The number of sulfonamides is 1. The number of carbonyl (C=O) groups is 2. The third kappa shape index (κ3) is 5.05. The molecular formula is C25H35N3O5S. The van der Waals surface area contributed by atoms with Crippen molar-refractivity contribution in [2.75, 3.05) is 25.0 Å². The zero-order valence-corrected chi connectivity index (χ0v) is 21.5. The van der Waals surface area contributed by atoms with Crippen molar-refractivity contribution >= 4 is 27.6 Å². The Morgan fingerprint density at radius 2 is 1.88 bits per heavy atom. The van der Waals surface area contributed by atoms with Gasteiger partial charge in [0.25, 0.3) is 0 Å². The van der Waals surface area contributed by atoms with Crippen molar-refractivity contribution < 1.29 is 22.7 Å². The second-order valence-electron chi connectivity index (χ2n) is 8.59. The smallest absolute Gasteiger partial charge is 0.341 e. The Bertz CT molecular complexity index is 1170.